The molecule has 1 N–H and O–H groups in total. The fourth-order valence-electron chi connectivity index (χ4n) is 3.41. The van der Waals surface area contributed by atoms with E-state index in [0.29, 0.717) is 38.0 Å². The van der Waals surface area contributed by atoms with Crippen LogP contribution in [-0.4, -0.2) is 39.7 Å². The summed E-state index contributed by atoms with van der Waals surface area (Å²) in [5, 5.41) is 10.3. The Kier molecular flexibility index (Phi) is 5.83. The molecule has 1 amide bonds. The molecule has 5 nitrogen and oxygen atoms in total. The fourth-order valence-corrected chi connectivity index (χ4v) is 3.41. The van der Waals surface area contributed by atoms with Crippen molar-refractivity contribution in [1.29, 1.82) is 0 Å². The third-order valence-corrected chi connectivity index (χ3v) is 4.95. The Morgan fingerprint density at radius 2 is 1.96 bits per heavy atom. The lowest BCUT2D eigenvalue weighted by Crippen LogP contribution is -2.47. The highest BCUT2D eigenvalue weighted by Gasteiger charge is 2.30. The molecule has 1 aliphatic heterocycles. The summed E-state index contributed by atoms with van der Waals surface area (Å²) >= 11 is 0. The molecular weight excluding hydrogens is 335 g/mol. The van der Waals surface area contributed by atoms with Crippen molar-refractivity contribution in [2.45, 2.75) is 31.9 Å². The number of carbonyl (C=O) groups is 1. The molecule has 2 atom stereocenters. The molecule has 0 spiro atoms. The summed E-state index contributed by atoms with van der Waals surface area (Å²) in [4.78, 5) is 25.9. The van der Waals surface area contributed by atoms with Gasteiger partial charge in [0.1, 0.15) is 5.82 Å². The van der Waals surface area contributed by atoms with Gasteiger partial charge in [-0.1, -0.05) is 24.3 Å². The number of aliphatic hydroxyl groups is 1. The quantitative estimate of drug-likeness (QED) is 0.887. The summed E-state index contributed by atoms with van der Waals surface area (Å²) in [6.45, 7) is 1.21. The second-order valence-corrected chi connectivity index (χ2v) is 6.73. The smallest absolute Gasteiger partial charge is 0.250 e. The Labute approximate surface area is 151 Å². The van der Waals surface area contributed by atoms with E-state index in [1.807, 2.05) is 0 Å². The summed E-state index contributed by atoms with van der Waals surface area (Å²) in [5.41, 5.74) is 0.425. The topological polar surface area (TPSA) is 62.5 Å². The van der Waals surface area contributed by atoms with Crippen LogP contribution < -0.4 is 5.56 Å². The first-order chi connectivity index (χ1) is 12.5. The Morgan fingerprint density at radius 1 is 1.19 bits per heavy atom. The van der Waals surface area contributed by atoms with Crippen molar-refractivity contribution in [2.24, 2.45) is 5.92 Å². The zero-order valence-corrected chi connectivity index (χ0v) is 14.6. The van der Waals surface area contributed by atoms with Gasteiger partial charge in [-0.2, -0.15) is 0 Å². The minimum atomic E-state index is -0.546. The molecule has 1 saturated heterocycles. The SMILES string of the molecule is O=C(CCn1ccccc1=O)N1CC[C@H](O)[C@H](Cc2ccccc2F)C1. The number of nitrogens with zero attached hydrogens (tertiary/aromatic N) is 2. The van der Waals surface area contributed by atoms with Crippen molar-refractivity contribution in [2.75, 3.05) is 13.1 Å². The normalized spacial score (nSPS) is 20.2. The van der Waals surface area contributed by atoms with E-state index in [-0.39, 0.29) is 29.6 Å². The van der Waals surface area contributed by atoms with Crippen molar-refractivity contribution in [1.82, 2.24) is 9.47 Å². The molecule has 6 heteroatoms. The molecule has 0 bridgehead atoms. The molecular formula is C20H23FN2O3. The number of rotatable bonds is 5. The standard InChI is InChI=1S/C20H23FN2O3/c21-17-6-2-1-5-15(17)13-16-14-23(11-8-18(16)24)20(26)9-12-22-10-4-3-7-19(22)25/h1-7,10,16,18,24H,8-9,11-14H2/t16-,18+/m1/s1. The van der Waals surface area contributed by atoms with E-state index >= 15 is 0 Å². The van der Waals surface area contributed by atoms with Crippen LogP contribution in [0.5, 0.6) is 0 Å². The van der Waals surface area contributed by atoms with Crippen LogP contribution in [0.4, 0.5) is 4.39 Å². The highest BCUT2D eigenvalue weighted by atomic mass is 19.1. The monoisotopic (exact) mass is 358 g/mol. The van der Waals surface area contributed by atoms with Crippen LogP contribution in [0.2, 0.25) is 0 Å². The molecule has 0 radical (unpaired) electrons. The summed E-state index contributed by atoms with van der Waals surface area (Å²) in [7, 11) is 0. The minimum Gasteiger partial charge on any atom is -0.393 e. The number of hydrogen-bond acceptors (Lipinski definition) is 3. The van der Waals surface area contributed by atoms with Gasteiger partial charge in [-0.15, -0.1) is 0 Å². The van der Waals surface area contributed by atoms with Crippen LogP contribution in [0, 0.1) is 11.7 Å². The molecule has 1 aromatic carbocycles. The Balaban J connectivity index is 1.60. The molecule has 2 heterocycles. The molecule has 1 aliphatic rings. The van der Waals surface area contributed by atoms with Gasteiger partial charge in [-0.05, 0) is 30.5 Å². The summed E-state index contributed by atoms with van der Waals surface area (Å²) in [6, 6.07) is 11.4. The van der Waals surface area contributed by atoms with Crippen molar-refractivity contribution in [3.8, 4) is 0 Å². The molecule has 2 aromatic rings. The number of halogens is 1. The molecule has 0 aliphatic carbocycles. The Bertz CT molecular complexity index is 820. The Morgan fingerprint density at radius 3 is 2.73 bits per heavy atom. The first-order valence-electron chi connectivity index (χ1n) is 8.89. The number of amides is 1. The molecule has 1 fully saturated rings. The second-order valence-electron chi connectivity index (χ2n) is 6.73. The lowest BCUT2D eigenvalue weighted by Gasteiger charge is -2.36. The number of aryl methyl sites for hydroxylation is 1. The number of aliphatic hydroxyl groups excluding tert-OH is 1. The predicted molar refractivity (Wildman–Crippen MR) is 96.1 cm³/mol. The van der Waals surface area contributed by atoms with Gasteiger partial charge in [0.15, 0.2) is 0 Å². The van der Waals surface area contributed by atoms with Crippen molar-refractivity contribution in [3.63, 3.8) is 0 Å². The van der Waals surface area contributed by atoms with Crippen molar-refractivity contribution < 1.29 is 14.3 Å². The average Bonchev–Trinajstić information content (AvgIpc) is 2.64. The van der Waals surface area contributed by atoms with E-state index in [9.17, 15) is 19.1 Å². The van der Waals surface area contributed by atoms with Gasteiger partial charge in [-0.3, -0.25) is 9.59 Å². The molecule has 0 saturated carbocycles. The van der Waals surface area contributed by atoms with Gasteiger partial charge in [0.2, 0.25) is 5.91 Å². The van der Waals surface area contributed by atoms with Crippen molar-refractivity contribution in [3.05, 3.63) is 70.4 Å². The number of pyridine rings is 1. The van der Waals surface area contributed by atoms with Gasteiger partial charge in [0.25, 0.3) is 5.56 Å². The summed E-state index contributed by atoms with van der Waals surface area (Å²) in [5.74, 6) is -0.526. The van der Waals surface area contributed by atoms with Crippen LogP contribution in [0.3, 0.4) is 0 Å². The largest absolute Gasteiger partial charge is 0.393 e. The average molecular weight is 358 g/mol. The third-order valence-electron chi connectivity index (χ3n) is 4.95. The van der Waals surface area contributed by atoms with Crippen LogP contribution in [0.1, 0.15) is 18.4 Å². The zero-order chi connectivity index (χ0) is 18.5. The number of hydrogen-bond donors (Lipinski definition) is 1. The minimum absolute atomic E-state index is 0.0498. The van der Waals surface area contributed by atoms with Crippen molar-refractivity contribution >= 4 is 5.91 Å². The van der Waals surface area contributed by atoms with E-state index in [1.54, 1.807) is 41.4 Å². The molecule has 26 heavy (non-hydrogen) atoms. The Hall–Kier alpha value is -2.47. The third kappa shape index (κ3) is 4.38. The lowest BCUT2D eigenvalue weighted by atomic mass is 9.88. The van der Waals surface area contributed by atoms with Crippen LogP contribution in [0.25, 0.3) is 0 Å². The van der Waals surface area contributed by atoms with Crippen LogP contribution in [-0.2, 0) is 17.8 Å². The molecule has 138 valence electrons. The fraction of sp³-hybridized carbons (Fsp3) is 0.400. The lowest BCUT2D eigenvalue weighted by molar-refractivity contribution is -0.135. The number of piperidine rings is 1. The number of likely N-dealkylation sites (tertiary alicyclic amines) is 1. The van der Waals surface area contributed by atoms with E-state index < -0.39 is 6.10 Å². The number of carbonyl (C=O) groups excluding carboxylic acids is 1. The van der Waals surface area contributed by atoms with E-state index in [2.05, 4.69) is 0 Å². The van der Waals surface area contributed by atoms with Crippen LogP contribution in [0.15, 0.2) is 53.5 Å². The van der Waals surface area contributed by atoms with Gasteiger partial charge in [0, 0.05) is 44.2 Å². The highest BCUT2D eigenvalue weighted by Crippen LogP contribution is 2.23. The number of aromatic nitrogens is 1. The van der Waals surface area contributed by atoms with Gasteiger partial charge < -0.3 is 14.6 Å². The second kappa shape index (κ2) is 8.27. The van der Waals surface area contributed by atoms with Gasteiger partial charge in [-0.25, -0.2) is 4.39 Å². The van der Waals surface area contributed by atoms with Gasteiger partial charge >= 0.3 is 0 Å². The van der Waals surface area contributed by atoms with E-state index in [1.165, 1.54) is 16.7 Å². The zero-order valence-electron chi connectivity index (χ0n) is 14.6. The first kappa shape index (κ1) is 18.3. The maximum absolute atomic E-state index is 13.9. The first-order valence-corrected chi connectivity index (χ1v) is 8.89. The summed E-state index contributed by atoms with van der Waals surface area (Å²) in [6.07, 6.45) is 2.23. The predicted octanol–water partition coefficient (Wildman–Crippen LogP) is 1.83. The van der Waals surface area contributed by atoms with Gasteiger partial charge in [0.05, 0.1) is 6.10 Å². The van der Waals surface area contributed by atoms with Crippen LogP contribution >= 0.6 is 0 Å². The highest BCUT2D eigenvalue weighted by molar-refractivity contribution is 5.76. The van der Waals surface area contributed by atoms with E-state index in [0.717, 1.165) is 0 Å². The maximum Gasteiger partial charge on any atom is 0.250 e. The summed E-state index contributed by atoms with van der Waals surface area (Å²) < 4.78 is 15.4. The molecule has 3 rings (SSSR count). The molecule has 0 unspecified atom stereocenters. The maximum atomic E-state index is 13.9. The van der Waals surface area contributed by atoms with E-state index in [4.69, 9.17) is 0 Å². The molecule has 1 aromatic heterocycles. The number of benzene rings is 1.